The first-order valence-electron chi connectivity index (χ1n) is 7.77. The summed E-state index contributed by atoms with van der Waals surface area (Å²) >= 11 is 0. The molecule has 1 aromatic carbocycles. The summed E-state index contributed by atoms with van der Waals surface area (Å²) in [6.45, 7) is 1.04. The number of benzene rings is 1. The van der Waals surface area contributed by atoms with Crippen LogP contribution in [0.25, 0.3) is 11.4 Å². The van der Waals surface area contributed by atoms with Gasteiger partial charge >= 0.3 is 0 Å². The summed E-state index contributed by atoms with van der Waals surface area (Å²) < 4.78 is 16.2. The molecule has 1 aromatic heterocycles. The molecule has 1 fully saturated rings. The minimum absolute atomic E-state index is 0.265. The van der Waals surface area contributed by atoms with Crippen LogP contribution in [0, 0.1) is 5.92 Å². The molecule has 0 bridgehead atoms. The van der Waals surface area contributed by atoms with Gasteiger partial charge < -0.3 is 19.7 Å². The number of hydrogen-bond donors (Lipinski definition) is 1. The Hall–Kier alpha value is -2.08. The molecule has 2 aliphatic rings. The van der Waals surface area contributed by atoms with Gasteiger partial charge in [-0.25, -0.2) is 0 Å². The summed E-state index contributed by atoms with van der Waals surface area (Å²) in [4.78, 5) is 4.58. The lowest BCUT2D eigenvalue weighted by Gasteiger charge is -2.24. The van der Waals surface area contributed by atoms with Gasteiger partial charge in [-0.2, -0.15) is 4.98 Å². The van der Waals surface area contributed by atoms with Gasteiger partial charge in [0.1, 0.15) is 0 Å². The molecule has 0 spiro atoms. The zero-order chi connectivity index (χ0) is 14.9. The molecule has 6 heteroatoms. The summed E-state index contributed by atoms with van der Waals surface area (Å²) in [5.41, 5.74) is 6.62. The van der Waals surface area contributed by atoms with E-state index in [1.807, 2.05) is 18.2 Å². The molecule has 116 valence electrons. The Bertz CT molecular complexity index is 662. The Kier molecular flexibility index (Phi) is 3.46. The molecule has 4 rings (SSSR count). The number of fused-ring (bicyclic) bond motifs is 1. The second-order valence-corrected chi connectivity index (χ2v) is 5.98. The lowest BCUT2D eigenvalue weighted by molar-refractivity contribution is 0.174. The van der Waals surface area contributed by atoms with E-state index in [2.05, 4.69) is 10.1 Å². The first-order valence-corrected chi connectivity index (χ1v) is 7.77. The number of hydrogen-bond acceptors (Lipinski definition) is 6. The Morgan fingerprint density at radius 3 is 2.73 bits per heavy atom. The maximum Gasteiger partial charge on any atom is 0.231 e. The third kappa shape index (κ3) is 2.43. The Morgan fingerprint density at radius 1 is 1.09 bits per heavy atom. The van der Waals surface area contributed by atoms with Crippen molar-refractivity contribution in [2.24, 2.45) is 11.7 Å². The molecule has 1 saturated carbocycles. The zero-order valence-electron chi connectivity index (χ0n) is 12.3. The smallest absolute Gasteiger partial charge is 0.231 e. The van der Waals surface area contributed by atoms with Gasteiger partial charge in [0, 0.05) is 11.5 Å². The van der Waals surface area contributed by atoms with Crippen LogP contribution in [0.1, 0.15) is 37.5 Å². The van der Waals surface area contributed by atoms with E-state index in [0.29, 0.717) is 17.7 Å². The highest BCUT2D eigenvalue weighted by atomic mass is 16.7. The lowest BCUT2D eigenvalue weighted by Crippen LogP contribution is -2.20. The predicted molar refractivity (Wildman–Crippen MR) is 79.6 cm³/mol. The van der Waals surface area contributed by atoms with Crippen LogP contribution in [-0.4, -0.2) is 23.5 Å². The molecule has 0 radical (unpaired) electrons. The van der Waals surface area contributed by atoms with Gasteiger partial charge in [-0.3, -0.25) is 0 Å². The molecule has 1 aliphatic carbocycles. The van der Waals surface area contributed by atoms with E-state index in [4.69, 9.17) is 19.7 Å². The van der Waals surface area contributed by atoms with Gasteiger partial charge in [0.25, 0.3) is 0 Å². The number of aromatic nitrogens is 2. The van der Waals surface area contributed by atoms with E-state index >= 15 is 0 Å². The number of nitrogens with two attached hydrogens (primary N) is 1. The Labute approximate surface area is 128 Å². The van der Waals surface area contributed by atoms with Crippen LogP contribution in [0.2, 0.25) is 0 Å². The maximum absolute atomic E-state index is 5.74. The summed E-state index contributed by atoms with van der Waals surface area (Å²) in [5, 5.41) is 4.12. The van der Waals surface area contributed by atoms with E-state index in [-0.39, 0.29) is 6.79 Å². The van der Waals surface area contributed by atoms with Crippen LogP contribution in [0.15, 0.2) is 22.7 Å². The van der Waals surface area contributed by atoms with Gasteiger partial charge in [0.2, 0.25) is 18.5 Å². The molecule has 1 aliphatic heterocycles. The lowest BCUT2D eigenvalue weighted by atomic mass is 9.82. The molecule has 2 N–H and O–H groups in total. The molecule has 0 unspecified atom stereocenters. The number of ether oxygens (including phenoxy) is 2. The molecule has 6 nitrogen and oxygen atoms in total. The van der Waals surface area contributed by atoms with Gasteiger partial charge in [0.05, 0.1) is 0 Å². The summed E-state index contributed by atoms with van der Waals surface area (Å²) in [6, 6.07) is 5.69. The number of rotatable bonds is 3. The van der Waals surface area contributed by atoms with Crippen LogP contribution >= 0.6 is 0 Å². The summed E-state index contributed by atoms with van der Waals surface area (Å²) in [6.07, 6.45) is 4.43. The topological polar surface area (TPSA) is 83.4 Å². The van der Waals surface area contributed by atoms with E-state index in [1.165, 1.54) is 0 Å². The number of nitrogens with zero attached hydrogens (tertiary/aromatic N) is 2. The summed E-state index contributed by atoms with van der Waals surface area (Å²) in [5.74, 6) is 3.84. The van der Waals surface area contributed by atoms with Crippen molar-refractivity contribution < 1.29 is 14.0 Å². The first kappa shape index (κ1) is 13.6. The zero-order valence-corrected chi connectivity index (χ0v) is 12.3. The van der Waals surface area contributed by atoms with Crippen molar-refractivity contribution in [1.29, 1.82) is 0 Å². The quantitative estimate of drug-likeness (QED) is 0.938. The van der Waals surface area contributed by atoms with Crippen molar-refractivity contribution >= 4 is 0 Å². The van der Waals surface area contributed by atoms with Gasteiger partial charge in [-0.1, -0.05) is 5.16 Å². The predicted octanol–water partition coefficient (Wildman–Crippen LogP) is 2.70. The standard InChI is InChI=1S/C16H19N3O3/c17-8-10-1-3-11(4-2-10)16-18-15(19-22-16)12-5-6-13-14(7-12)21-9-20-13/h5-7,10-11H,1-4,8-9,17H2. The highest BCUT2D eigenvalue weighted by Gasteiger charge is 2.26. The third-order valence-electron chi connectivity index (χ3n) is 4.60. The Balaban J connectivity index is 1.52. The van der Waals surface area contributed by atoms with Crippen molar-refractivity contribution in [2.45, 2.75) is 31.6 Å². The minimum atomic E-state index is 0.265. The van der Waals surface area contributed by atoms with Crippen molar-refractivity contribution in [3.63, 3.8) is 0 Å². The van der Waals surface area contributed by atoms with Crippen molar-refractivity contribution in [3.05, 3.63) is 24.1 Å². The molecular weight excluding hydrogens is 282 g/mol. The molecule has 2 heterocycles. The maximum atomic E-state index is 5.74. The molecule has 0 atom stereocenters. The highest BCUT2D eigenvalue weighted by Crippen LogP contribution is 2.37. The normalized spacial score (nSPS) is 23.7. The minimum Gasteiger partial charge on any atom is -0.454 e. The van der Waals surface area contributed by atoms with Gasteiger partial charge in [0.15, 0.2) is 11.5 Å². The SMILES string of the molecule is NCC1CCC(c2nc(-c3ccc4c(c3)OCO4)no2)CC1. The average Bonchev–Trinajstić information content (AvgIpc) is 3.23. The van der Waals surface area contributed by atoms with Crippen LogP contribution in [-0.2, 0) is 0 Å². The van der Waals surface area contributed by atoms with E-state index in [9.17, 15) is 0 Å². The third-order valence-corrected chi connectivity index (χ3v) is 4.60. The molecule has 2 aromatic rings. The van der Waals surface area contributed by atoms with Gasteiger partial charge in [-0.15, -0.1) is 0 Å². The molecule has 22 heavy (non-hydrogen) atoms. The van der Waals surface area contributed by atoms with Crippen molar-refractivity contribution in [1.82, 2.24) is 10.1 Å². The Morgan fingerprint density at radius 2 is 1.91 bits per heavy atom. The fraction of sp³-hybridized carbons (Fsp3) is 0.500. The van der Waals surface area contributed by atoms with Gasteiger partial charge in [-0.05, 0) is 56.3 Å². The molecular formula is C16H19N3O3. The first-order chi connectivity index (χ1) is 10.8. The van der Waals surface area contributed by atoms with Crippen LogP contribution < -0.4 is 15.2 Å². The van der Waals surface area contributed by atoms with E-state index in [0.717, 1.165) is 55.2 Å². The second-order valence-electron chi connectivity index (χ2n) is 5.98. The molecule has 0 saturated heterocycles. The highest BCUT2D eigenvalue weighted by molar-refractivity contribution is 5.61. The van der Waals surface area contributed by atoms with E-state index in [1.54, 1.807) is 0 Å². The molecule has 0 amide bonds. The van der Waals surface area contributed by atoms with Crippen LogP contribution in [0.4, 0.5) is 0 Å². The summed E-state index contributed by atoms with van der Waals surface area (Å²) in [7, 11) is 0. The van der Waals surface area contributed by atoms with Crippen LogP contribution in [0.5, 0.6) is 11.5 Å². The fourth-order valence-corrected chi connectivity index (χ4v) is 3.20. The second kappa shape index (κ2) is 5.61. The average molecular weight is 301 g/mol. The van der Waals surface area contributed by atoms with Crippen LogP contribution in [0.3, 0.4) is 0 Å². The van der Waals surface area contributed by atoms with E-state index < -0.39 is 0 Å². The fourth-order valence-electron chi connectivity index (χ4n) is 3.20. The largest absolute Gasteiger partial charge is 0.454 e. The monoisotopic (exact) mass is 301 g/mol. The van der Waals surface area contributed by atoms with Crippen molar-refractivity contribution in [2.75, 3.05) is 13.3 Å². The van der Waals surface area contributed by atoms with Crippen molar-refractivity contribution in [3.8, 4) is 22.9 Å².